The summed E-state index contributed by atoms with van der Waals surface area (Å²) in [4.78, 5) is 36.0. The predicted octanol–water partition coefficient (Wildman–Crippen LogP) is 0.768. The molecule has 1 fully saturated rings. The Morgan fingerprint density at radius 3 is 2.57 bits per heavy atom. The molecule has 0 bridgehead atoms. The summed E-state index contributed by atoms with van der Waals surface area (Å²) >= 11 is 0. The molecule has 1 aromatic rings. The van der Waals surface area contributed by atoms with Crippen LogP contribution in [0.4, 0.5) is 10.1 Å². The van der Waals surface area contributed by atoms with E-state index in [1.807, 2.05) is 0 Å². The Balaban J connectivity index is 2.04. The molecule has 2 amide bonds. The Labute approximate surface area is 120 Å². The van der Waals surface area contributed by atoms with Crippen molar-refractivity contribution in [2.75, 3.05) is 11.4 Å². The van der Waals surface area contributed by atoms with E-state index in [1.165, 1.54) is 36.1 Å². The van der Waals surface area contributed by atoms with Crippen LogP contribution in [0.3, 0.4) is 0 Å². The Morgan fingerprint density at radius 2 is 2.00 bits per heavy atom. The van der Waals surface area contributed by atoms with Gasteiger partial charge in [-0.25, -0.2) is 4.39 Å². The SMILES string of the molecule is C[C@H](NC(=O)C1CC(=O)N(c2ccc(F)cc2)C1)C(=O)O. The average Bonchev–Trinajstić information content (AvgIpc) is 2.81. The summed E-state index contributed by atoms with van der Waals surface area (Å²) < 4.78 is 12.9. The van der Waals surface area contributed by atoms with Crippen molar-refractivity contribution in [2.24, 2.45) is 5.92 Å². The van der Waals surface area contributed by atoms with Gasteiger partial charge in [0.15, 0.2) is 0 Å². The fourth-order valence-electron chi connectivity index (χ4n) is 2.15. The van der Waals surface area contributed by atoms with Crippen LogP contribution in [0.25, 0.3) is 0 Å². The van der Waals surface area contributed by atoms with E-state index < -0.39 is 29.7 Å². The fraction of sp³-hybridized carbons (Fsp3) is 0.357. The molecule has 1 aliphatic rings. The topological polar surface area (TPSA) is 86.7 Å². The van der Waals surface area contributed by atoms with E-state index in [2.05, 4.69) is 5.32 Å². The number of carboxylic acid groups (broad SMARTS) is 1. The van der Waals surface area contributed by atoms with Crippen molar-refractivity contribution in [1.29, 1.82) is 0 Å². The van der Waals surface area contributed by atoms with Crippen LogP contribution in [-0.4, -0.2) is 35.5 Å². The lowest BCUT2D eigenvalue weighted by molar-refractivity contribution is -0.141. The number of benzene rings is 1. The maximum Gasteiger partial charge on any atom is 0.325 e. The number of amides is 2. The summed E-state index contributed by atoms with van der Waals surface area (Å²) in [6.45, 7) is 1.51. The van der Waals surface area contributed by atoms with Crippen molar-refractivity contribution in [2.45, 2.75) is 19.4 Å². The molecule has 21 heavy (non-hydrogen) atoms. The summed E-state index contributed by atoms with van der Waals surface area (Å²) in [5.41, 5.74) is 0.517. The normalized spacial score (nSPS) is 19.4. The van der Waals surface area contributed by atoms with Crippen LogP contribution < -0.4 is 10.2 Å². The fourth-order valence-corrected chi connectivity index (χ4v) is 2.15. The number of halogens is 1. The number of anilines is 1. The number of carboxylic acids is 1. The molecule has 1 heterocycles. The van der Waals surface area contributed by atoms with Gasteiger partial charge in [-0.05, 0) is 31.2 Å². The molecule has 1 unspecified atom stereocenters. The highest BCUT2D eigenvalue weighted by Crippen LogP contribution is 2.25. The molecule has 1 saturated heterocycles. The standard InChI is InChI=1S/C14H15FN2O4/c1-8(14(20)21)16-13(19)9-6-12(18)17(7-9)11-4-2-10(15)3-5-11/h2-5,8-9H,6-7H2,1H3,(H,16,19)(H,20,21)/t8-,9?/m0/s1. The smallest absolute Gasteiger partial charge is 0.325 e. The molecule has 0 aromatic heterocycles. The van der Waals surface area contributed by atoms with Crippen molar-refractivity contribution >= 4 is 23.5 Å². The minimum absolute atomic E-state index is 0.00947. The summed E-state index contributed by atoms with van der Waals surface area (Å²) in [7, 11) is 0. The van der Waals surface area contributed by atoms with E-state index in [0.29, 0.717) is 5.69 Å². The van der Waals surface area contributed by atoms with Gasteiger partial charge in [0.25, 0.3) is 0 Å². The first-order valence-electron chi connectivity index (χ1n) is 6.47. The minimum atomic E-state index is -1.14. The van der Waals surface area contributed by atoms with Gasteiger partial charge in [-0.15, -0.1) is 0 Å². The lowest BCUT2D eigenvalue weighted by Gasteiger charge is -2.17. The van der Waals surface area contributed by atoms with Crippen LogP contribution in [0.5, 0.6) is 0 Å². The van der Waals surface area contributed by atoms with Gasteiger partial charge in [0.1, 0.15) is 11.9 Å². The van der Waals surface area contributed by atoms with Crippen LogP contribution >= 0.6 is 0 Å². The van der Waals surface area contributed by atoms with Crippen molar-refractivity contribution in [3.63, 3.8) is 0 Å². The van der Waals surface area contributed by atoms with Crippen molar-refractivity contribution in [1.82, 2.24) is 5.32 Å². The summed E-state index contributed by atoms with van der Waals surface area (Å²) in [5, 5.41) is 11.1. The third-order valence-electron chi connectivity index (χ3n) is 3.36. The predicted molar refractivity (Wildman–Crippen MR) is 72.1 cm³/mol. The van der Waals surface area contributed by atoms with E-state index in [-0.39, 0.29) is 18.9 Å². The van der Waals surface area contributed by atoms with E-state index in [0.717, 1.165) is 0 Å². The summed E-state index contributed by atoms with van der Waals surface area (Å²) in [5.74, 6) is -2.87. The van der Waals surface area contributed by atoms with Gasteiger partial charge >= 0.3 is 5.97 Å². The number of carbonyl (C=O) groups excluding carboxylic acids is 2. The lowest BCUT2D eigenvalue weighted by Crippen LogP contribution is -2.42. The Kier molecular flexibility index (Phi) is 4.21. The highest BCUT2D eigenvalue weighted by atomic mass is 19.1. The van der Waals surface area contributed by atoms with E-state index in [9.17, 15) is 18.8 Å². The second-order valence-corrected chi connectivity index (χ2v) is 4.95. The van der Waals surface area contributed by atoms with Crippen LogP contribution in [-0.2, 0) is 14.4 Å². The summed E-state index contributed by atoms with van der Waals surface area (Å²) in [6.07, 6.45) is 0.00947. The second-order valence-electron chi connectivity index (χ2n) is 4.95. The van der Waals surface area contributed by atoms with Crippen molar-refractivity contribution < 1.29 is 23.9 Å². The zero-order valence-corrected chi connectivity index (χ0v) is 11.4. The largest absolute Gasteiger partial charge is 0.480 e. The number of nitrogens with zero attached hydrogens (tertiary/aromatic N) is 1. The molecule has 6 nitrogen and oxygen atoms in total. The van der Waals surface area contributed by atoms with Gasteiger partial charge in [-0.1, -0.05) is 0 Å². The first-order chi connectivity index (χ1) is 9.88. The van der Waals surface area contributed by atoms with Crippen LogP contribution in [0.1, 0.15) is 13.3 Å². The van der Waals surface area contributed by atoms with Gasteiger partial charge in [0.2, 0.25) is 11.8 Å². The molecule has 0 radical (unpaired) electrons. The number of nitrogens with one attached hydrogen (secondary N) is 1. The molecule has 2 atom stereocenters. The van der Waals surface area contributed by atoms with Gasteiger partial charge in [0, 0.05) is 18.7 Å². The number of carbonyl (C=O) groups is 3. The molecular weight excluding hydrogens is 279 g/mol. The molecule has 0 spiro atoms. The van der Waals surface area contributed by atoms with Crippen molar-refractivity contribution in [3.05, 3.63) is 30.1 Å². The highest BCUT2D eigenvalue weighted by Gasteiger charge is 2.35. The Hall–Kier alpha value is -2.44. The molecule has 7 heteroatoms. The quantitative estimate of drug-likeness (QED) is 0.858. The van der Waals surface area contributed by atoms with Crippen LogP contribution in [0, 0.1) is 11.7 Å². The molecular formula is C14H15FN2O4. The first-order valence-corrected chi connectivity index (χ1v) is 6.47. The monoisotopic (exact) mass is 294 g/mol. The molecule has 1 aliphatic heterocycles. The Morgan fingerprint density at radius 1 is 1.38 bits per heavy atom. The van der Waals surface area contributed by atoms with Gasteiger partial charge < -0.3 is 15.3 Å². The maximum absolute atomic E-state index is 12.9. The third kappa shape index (κ3) is 3.36. The van der Waals surface area contributed by atoms with Gasteiger partial charge in [-0.3, -0.25) is 14.4 Å². The molecule has 112 valence electrons. The number of aliphatic carboxylic acids is 1. The zero-order chi connectivity index (χ0) is 15.6. The van der Waals surface area contributed by atoms with Crippen LogP contribution in [0.2, 0.25) is 0 Å². The number of hydrogen-bond acceptors (Lipinski definition) is 3. The minimum Gasteiger partial charge on any atom is -0.480 e. The first kappa shape index (κ1) is 15.0. The van der Waals surface area contributed by atoms with Gasteiger partial charge in [-0.2, -0.15) is 0 Å². The summed E-state index contributed by atoms with van der Waals surface area (Å²) in [6, 6.07) is 4.40. The van der Waals surface area contributed by atoms with E-state index in [1.54, 1.807) is 0 Å². The molecule has 2 rings (SSSR count). The third-order valence-corrected chi connectivity index (χ3v) is 3.36. The van der Waals surface area contributed by atoms with E-state index >= 15 is 0 Å². The van der Waals surface area contributed by atoms with E-state index in [4.69, 9.17) is 5.11 Å². The number of rotatable bonds is 4. The average molecular weight is 294 g/mol. The maximum atomic E-state index is 12.9. The molecule has 2 N–H and O–H groups in total. The zero-order valence-electron chi connectivity index (χ0n) is 11.4. The highest BCUT2D eigenvalue weighted by molar-refractivity contribution is 6.00. The molecule has 0 saturated carbocycles. The van der Waals surface area contributed by atoms with Crippen molar-refractivity contribution in [3.8, 4) is 0 Å². The lowest BCUT2D eigenvalue weighted by atomic mass is 10.1. The van der Waals surface area contributed by atoms with Crippen LogP contribution in [0.15, 0.2) is 24.3 Å². The second kappa shape index (κ2) is 5.90. The van der Waals surface area contributed by atoms with Gasteiger partial charge in [0.05, 0.1) is 5.92 Å². The molecule has 0 aliphatic carbocycles. The number of hydrogen-bond donors (Lipinski definition) is 2. The Bertz CT molecular complexity index is 573. The molecule has 1 aromatic carbocycles.